The zero-order chi connectivity index (χ0) is 27.3. The van der Waals surface area contributed by atoms with Crippen LogP contribution in [-0.4, -0.2) is 71.5 Å². The Morgan fingerprint density at radius 2 is 1.87 bits per heavy atom. The summed E-state index contributed by atoms with van der Waals surface area (Å²) in [6.07, 6.45) is 10.2. The van der Waals surface area contributed by atoms with Gasteiger partial charge in [0, 0.05) is 67.1 Å². The Balaban J connectivity index is 0.995. The lowest BCUT2D eigenvalue weighted by Crippen LogP contribution is -2.59. The molecule has 3 aliphatic rings. The number of rotatable bonds is 10. The highest BCUT2D eigenvalue weighted by molar-refractivity contribution is 7.99. The first kappa shape index (κ1) is 27.9. The maximum atomic E-state index is 12.5. The molecule has 0 bridgehead atoms. The Morgan fingerprint density at radius 1 is 1.08 bits per heavy atom. The summed E-state index contributed by atoms with van der Waals surface area (Å²) in [7, 11) is 0. The maximum Gasteiger partial charge on any atom is 0.224 e. The summed E-state index contributed by atoms with van der Waals surface area (Å²) in [6.45, 7) is 7.83. The Hall–Kier alpha value is -2.69. The van der Waals surface area contributed by atoms with Crippen molar-refractivity contribution in [3.63, 3.8) is 0 Å². The fourth-order valence-electron chi connectivity index (χ4n) is 5.66. The molecule has 39 heavy (non-hydrogen) atoms. The van der Waals surface area contributed by atoms with E-state index in [1.54, 1.807) is 6.20 Å². The van der Waals surface area contributed by atoms with Crippen LogP contribution >= 0.6 is 11.8 Å². The summed E-state index contributed by atoms with van der Waals surface area (Å²) in [5.41, 5.74) is 7.27. The second kappa shape index (κ2) is 12.2. The second-order valence-electron chi connectivity index (χ2n) is 11.8. The third-order valence-electron chi connectivity index (χ3n) is 8.22. The maximum absolute atomic E-state index is 12.5. The van der Waals surface area contributed by atoms with Gasteiger partial charge in [-0.2, -0.15) is 0 Å². The van der Waals surface area contributed by atoms with Crippen molar-refractivity contribution in [1.29, 1.82) is 0 Å². The van der Waals surface area contributed by atoms with Gasteiger partial charge in [-0.05, 0) is 63.8 Å². The number of piperidine rings is 1. The molecular weight excluding hydrogens is 510 g/mol. The number of anilines is 2. The quantitative estimate of drug-likeness (QED) is 0.383. The van der Waals surface area contributed by atoms with Crippen LogP contribution < -0.4 is 21.3 Å². The van der Waals surface area contributed by atoms with E-state index in [0.29, 0.717) is 18.3 Å². The fourth-order valence-corrected chi connectivity index (χ4v) is 6.44. The predicted octanol–water partition coefficient (Wildman–Crippen LogP) is 3.66. The normalized spacial score (nSPS) is 19.6. The van der Waals surface area contributed by atoms with Crippen LogP contribution in [0.15, 0.2) is 46.6 Å². The number of nitrogens with zero attached hydrogens (tertiary/aromatic N) is 4. The van der Waals surface area contributed by atoms with Crippen molar-refractivity contribution in [2.75, 3.05) is 49.5 Å². The second-order valence-corrected chi connectivity index (χ2v) is 12.9. The number of amides is 2. The van der Waals surface area contributed by atoms with Gasteiger partial charge in [0.25, 0.3) is 0 Å². The summed E-state index contributed by atoms with van der Waals surface area (Å²) in [6, 6.07) is 7.80. The third-order valence-corrected chi connectivity index (χ3v) is 9.13. The largest absolute Gasteiger partial charge is 0.355 e. The summed E-state index contributed by atoms with van der Waals surface area (Å²) >= 11 is 1.52. The summed E-state index contributed by atoms with van der Waals surface area (Å²) in [5, 5.41) is 7.22. The lowest BCUT2D eigenvalue weighted by Gasteiger charge is -2.47. The molecule has 1 aromatic heterocycles. The number of carbonyl (C=O) groups excluding carboxylic acids is 2. The number of hydrogen-bond acceptors (Lipinski definition) is 8. The zero-order valence-corrected chi connectivity index (χ0v) is 23.8. The van der Waals surface area contributed by atoms with E-state index in [1.807, 2.05) is 35.4 Å². The molecule has 0 aliphatic carbocycles. The Morgan fingerprint density at radius 3 is 2.59 bits per heavy atom. The van der Waals surface area contributed by atoms with Crippen molar-refractivity contribution in [3.8, 4) is 0 Å². The van der Waals surface area contributed by atoms with Crippen molar-refractivity contribution in [3.05, 3.63) is 36.7 Å². The highest BCUT2D eigenvalue weighted by Gasteiger charge is 2.46. The number of hydrogen-bond donors (Lipinski definition) is 3. The highest BCUT2D eigenvalue weighted by Crippen LogP contribution is 2.36. The minimum atomic E-state index is -0.0920. The number of unbranched alkanes of at least 4 members (excludes halogenated alkanes) is 2. The monoisotopic (exact) mass is 551 g/mol. The Kier molecular flexibility index (Phi) is 8.73. The first-order chi connectivity index (χ1) is 18.8. The molecule has 0 unspecified atom stereocenters. The molecule has 9 nitrogen and oxygen atoms in total. The standard InChI is InChI=1S/C29H41N7O2S/c1-28(30)11-14-35(15-12-28)24-17-33-26(18-32-24)39-23-7-5-6-22(16-23)34-25(37)8-3-2-4-9-27(38)36-20-29(21-36)10-13-31-19-29/h5-7,16-18,31H,2-4,8-15,19-21,30H2,1H3,(H,34,37). The van der Waals surface area contributed by atoms with Gasteiger partial charge in [-0.15, -0.1) is 0 Å². The van der Waals surface area contributed by atoms with Gasteiger partial charge in [-0.1, -0.05) is 24.2 Å². The lowest BCUT2D eigenvalue weighted by atomic mass is 9.79. The summed E-state index contributed by atoms with van der Waals surface area (Å²) in [5.74, 6) is 1.15. The predicted molar refractivity (Wildman–Crippen MR) is 155 cm³/mol. The molecule has 4 heterocycles. The average molecular weight is 552 g/mol. The number of nitrogens with one attached hydrogen (secondary N) is 2. The van der Waals surface area contributed by atoms with Gasteiger partial charge in [0.05, 0.1) is 12.4 Å². The van der Waals surface area contributed by atoms with Crippen molar-refractivity contribution in [2.45, 2.75) is 73.8 Å². The van der Waals surface area contributed by atoms with E-state index in [-0.39, 0.29) is 17.4 Å². The van der Waals surface area contributed by atoms with Gasteiger partial charge >= 0.3 is 0 Å². The van der Waals surface area contributed by atoms with Crippen LogP contribution in [0.1, 0.15) is 58.3 Å². The van der Waals surface area contributed by atoms with E-state index in [1.165, 1.54) is 18.2 Å². The van der Waals surface area contributed by atoms with Crippen molar-refractivity contribution >= 4 is 35.1 Å². The molecule has 1 aromatic carbocycles. The van der Waals surface area contributed by atoms with E-state index >= 15 is 0 Å². The van der Waals surface area contributed by atoms with E-state index in [9.17, 15) is 9.59 Å². The molecule has 3 saturated heterocycles. The van der Waals surface area contributed by atoms with Crippen molar-refractivity contribution in [1.82, 2.24) is 20.2 Å². The van der Waals surface area contributed by atoms with Crippen LogP contribution in [0.25, 0.3) is 0 Å². The molecule has 0 radical (unpaired) electrons. The van der Waals surface area contributed by atoms with E-state index < -0.39 is 0 Å². The number of nitrogens with two attached hydrogens (primary N) is 1. The summed E-state index contributed by atoms with van der Waals surface area (Å²) in [4.78, 5) is 39.3. The molecule has 2 aromatic rings. The van der Waals surface area contributed by atoms with Crippen molar-refractivity contribution in [2.24, 2.45) is 11.1 Å². The Bertz CT molecular complexity index is 1130. The van der Waals surface area contributed by atoms with Crippen LogP contribution in [0, 0.1) is 5.41 Å². The van der Waals surface area contributed by atoms with Crippen LogP contribution in [0.5, 0.6) is 0 Å². The molecule has 1 spiro atoms. The molecule has 3 aliphatic heterocycles. The third kappa shape index (κ3) is 7.49. The van der Waals surface area contributed by atoms with Gasteiger partial charge in [-0.25, -0.2) is 9.97 Å². The zero-order valence-electron chi connectivity index (χ0n) is 23.0. The van der Waals surface area contributed by atoms with Crippen LogP contribution in [0.3, 0.4) is 0 Å². The highest BCUT2D eigenvalue weighted by atomic mass is 32.2. The molecule has 5 rings (SSSR count). The molecular formula is C29H41N7O2S. The van der Waals surface area contributed by atoms with Gasteiger partial charge in [0.15, 0.2) is 0 Å². The lowest BCUT2D eigenvalue weighted by molar-refractivity contribution is -0.142. The van der Waals surface area contributed by atoms with Gasteiger partial charge in [0.1, 0.15) is 10.8 Å². The van der Waals surface area contributed by atoms with E-state index in [4.69, 9.17) is 5.73 Å². The number of aromatic nitrogens is 2. The first-order valence-electron chi connectivity index (χ1n) is 14.2. The van der Waals surface area contributed by atoms with Gasteiger partial charge in [0.2, 0.25) is 11.8 Å². The molecule has 3 fully saturated rings. The van der Waals surface area contributed by atoms with E-state index in [0.717, 1.165) is 92.8 Å². The molecule has 210 valence electrons. The SMILES string of the molecule is CC1(N)CCN(c2cnc(Sc3cccc(NC(=O)CCCCCC(=O)N4CC5(CCNC5)C4)c3)cn2)CC1. The number of carbonyl (C=O) groups is 2. The number of likely N-dealkylation sites (tertiary alicyclic amines) is 1. The average Bonchev–Trinajstić information content (AvgIpc) is 3.39. The van der Waals surface area contributed by atoms with Crippen molar-refractivity contribution < 1.29 is 9.59 Å². The van der Waals surface area contributed by atoms with Crippen LogP contribution in [0.2, 0.25) is 0 Å². The molecule has 10 heteroatoms. The topological polar surface area (TPSA) is 116 Å². The molecule has 4 N–H and O–H groups in total. The summed E-state index contributed by atoms with van der Waals surface area (Å²) < 4.78 is 0. The van der Waals surface area contributed by atoms with E-state index in [2.05, 4.69) is 32.4 Å². The van der Waals surface area contributed by atoms with Crippen LogP contribution in [-0.2, 0) is 9.59 Å². The minimum Gasteiger partial charge on any atom is -0.355 e. The van der Waals surface area contributed by atoms with Gasteiger partial charge < -0.3 is 26.2 Å². The minimum absolute atomic E-state index is 0.00106. The Labute approximate surface area is 235 Å². The molecule has 0 atom stereocenters. The fraction of sp³-hybridized carbons (Fsp3) is 0.586. The number of benzene rings is 1. The molecule has 0 saturated carbocycles. The first-order valence-corrected chi connectivity index (χ1v) is 15.0. The molecule has 2 amide bonds. The van der Waals surface area contributed by atoms with Gasteiger partial charge in [-0.3, -0.25) is 9.59 Å². The smallest absolute Gasteiger partial charge is 0.224 e. The van der Waals surface area contributed by atoms with Crippen LogP contribution in [0.4, 0.5) is 11.5 Å².